The van der Waals surface area contributed by atoms with Gasteiger partial charge in [-0.2, -0.15) is 0 Å². The van der Waals surface area contributed by atoms with Crippen molar-refractivity contribution in [1.29, 1.82) is 0 Å². The Morgan fingerprint density at radius 1 is 1.08 bits per heavy atom. The van der Waals surface area contributed by atoms with Gasteiger partial charge in [0.2, 0.25) is 0 Å². The van der Waals surface area contributed by atoms with Gasteiger partial charge in [-0.1, -0.05) is 0 Å². The van der Waals surface area contributed by atoms with E-state index in [-0.39, 0.29) is 16.7 Å². The van der Waals surface area contributed by atoms with E-state index in [2.05, 4.69) is 0 Å². The molecule has 0 bridgehead atoms. The minimum absolute atomic E-state index is 0.0632. The van der Waals surface area contributed by atoms with Gasteiger partial charge in [-0.05, 0) is 18.2 Å². The second kappa shape index (κ2) is 3.62. The number of hydrogen-bond donors (Lipinski definition) is 1. The van der Waals surface area contributed by atoms with Crippen molar-refractivity contribution in [2.45, 2.75) is 0 Å². The van der Waals surface area contributed by atoms with Crippen LogP contribution >= 0.6 is 0 Å². The molecule has 0 aliphatic carbocycles. The molecule has 0 fully saturated rings. The number of aldehydes is 2. The Morgan fingerprint density at radius 2 is 1.54 bits per heavy atom. The molecule has 1 aromatic carbocycles. The molecule has 0 saturated carbocycles. The molecule has 13 heavy (non-hydrogen) atoms. The molecule has 1 aromatic rings. The molecule has 0 unspecified atom stereocenters. The van der Waals surface area contributed by atoms with E-state index < -0.39 is 5.97 Å². The summed E-state index contributed by atoms with van der Waals surface area (Å²) in [5.74, 6) is -1.16. The van der Waals surface area contributed by atoms with Crippen molar-refractivity contribution >= 4 is 18.5 Å². The Hall–Kier alpha value is -1.97. The van der Waals surface area contributed by atoms with E-state index >= 15 is 0 Å². The first-order valence-corrected chi connectivity index (χ1v) is 3.46. The van der Waals surface area contributed by atoms with Gasteiger partial charge < -0.3 is 5.11 Å². The highest BCUT2D eigenvalue weighted by molar-refractivity contribution is 5.93. The van der Waals surface area contributed by atoms with Crippen LogP contribution in [0, 0.1) is 0 Å². The van der Waals surface area contributed by atoms with Crippen molar-refractivity contribution in [3.8, 4) is 0 Å². The lowest BCUT2D eigenvalue weighted by Crippen LogP contribution is -1.99. The number of carboxylic acids is 1. The van der Waals surface area contributed by atoms with Crippen molar-refractivity contribution in [1.82, 2.24) is 0 Å². The summed E-state index contributed by atoms with van der Waals surface area (Å²) in [6.07, 6.45) is 0.999. The van der Waals surface area contributed by atoms with Gasteiger partial charge in [0.15, 0.2) is 0 Å². The van der Waals surface area contributed by atoms with Gasteiger partial charge in [-0.3, -0.25) is 9.59 Å². The van der Waals surface area contributed by atoms with Crippen LogP contribution in [-0.4, -0.2) is 23.6 Å². The highest BCUT2D eigenvalue weighted by Crippen LogP contribution is 2.07. The fourth-order valence-electron chi connectivity index (χ4n) is 0.936. The molecule has 4 heteroatoms. The second-order valence-electron chi connectivity index (χ2n) is 2.43. The van der Waals surface area contributed by atoms with Gasteiger partial charge in [-0.25, -0.2) is 4.79 Å². The summed E-state index contributed by atoms with van der Waals surface area (Å²) in [7, 11) is 0. The maximum absolute atomic E-state index is 10.5. The lowest BCUT2D eigenvalue weighted by atomic mass is 10.1. The molecule has 0 amide bonds. The summed E-state index contributed by atoms with van der Waals surface area (Å²) in [5.41, 5.74) is 0.302. The monoisotopic (exact) mass is 178 g/mol. The average molecular weight is 178 g/mol. The molecule has 4 nitrogen and oxygen atoms in total. The normalized spacial score (nSPS) is 9.23. The lowest BCUT2D eigenvalue weighted by Gasteiger charge is -1.97. The molecular weight excluding hydrogens is 172 g/mol. The number of aromatic carboxylic acids is 1. The van der Waals surface area contributed by atoms with E-state index in [1.165, 1.54) is 18.2 Å². The molecule has 0 spiro atoms. The van der Waals surface area contributed by atoms with E-state index in [1.54, 1.807) is 0 Å². The Kier molecular flexibility index (Phi) is 2.54. The van der Waals surface area contributed by atoms with Crippen LogP contribution in [0.5, 0.6) is 0 Å². The zero-order valence-corrected chi connectivity index (χ0v) is 6.56. The summed E-state index contributed by atoms with van der Waals surface area (Å²) >= 11 is 0. The van der Waals surface area contributed by atoms with Gasteiger partial charge in [0.1, 0.15) is 12.6 Å². The average Bonchev–Trinajstić information content (AvgIpc) is 2.16. The van der Waals surface area contributed by atoms with Crippen molar-refractivity contribution in [3.63, 3.8) is 0 Å². The third kappa shape index (κ3) is 1.99. The van der Waals surface area contributed by atoms with Crippen LogP contribution in [-0.2, 0) is 0 Å². The predicted octanol–water partition coefficient (Wildman–Crippen LogP) is 1.01. The standard InChI is InChI=1S/C9H6O4/c10-4-6-1-7(5-11)3-8(2-6)9(12)13/h1-5H,(H,12,13). The molecule has 0 atom stereocenters. The van der Waals surface area contributed by atoms with Crippen LogP contribution in [0.3, 0.4) is 0 Å². The van der Waals surface area contributed by atoms with Crippen LogP contribution in [0.4, 0.5) is 0 Å². The highest BCUT2D eigenvalue weighted by Gasteiger charge is 2.05. The van der Waals surface area contributed by atoms with Crippen molar-refractivity contribution in [2.75, 3.05) is 0 Å². The van der Waals surface area contributed by atoms with Crippen LogP contribution < -0.4 is 0 Å². The molecule has 0 heterocycles. The Bertz CT molecular complexity index is 342. The predicted molar refractivity (Wildman–Crippen MR) is 44.2 cm³/mol. The largest absolute Gasteiger partial charge is 0.478 e. The number of rotatable bonds is 3. The Balaban J connectivity index is 3.30. The molecule has 0 radical (unpaired) electrons. The topological polar surface area (TPSA) is 71.4 Å². The lowest BCUT2D eigenvalue weighted by molar-refractivity contribution is 0.0697. The maximum Gasteiger partial charge on any atom is 0.335 e. The molecule has 0 aliphatic rings. The Labute approximate surface area is 73.8 Å². The fourth-order valence-corrected chi connectivity index (χ4v) is 0.936. The third-order valence-electron chi connectivity index (χ3n) is 1.50. The minimum atomic E-state index is -1.16. The van der Waals surface area contributed by atoms with Gasteiger partial charge in [0.25, 0.3) is 0 Å². The first-order chi connectivity index (χ1) is 6.17. The van der Waals surface area contributed by atoms with E-state index in [4.69, 9.17) is 5.11 Å². The molecule has 66 valence electrons. The summed E-state index contributed by atoms with van der Waals surface area (Å²) in [6, 6.07) is 3.75. The third-order valence-corrected chi connectivity index (χ3v) is 1.50. The van der Waals surface area contributed by atoms with Crippen molar-refractivity contribution in [3.05, 3.63) is 34.9 Å². The number of carbonyl (C=O) groups excluding carboxylic acids is 2. The summed E-state index contributed by atoms with van der Waals surface area (Å²) < 4.78 is 0. The molecule has 1 rings (SSSR count). The van der Waals surface area contributed by atoms with Crippen LogP contribution in [0.2, 0.25) is 0 Å². The summed E-state index contributed by atoms with van der Waals surface area (Å²) in [4.78, 5) is 31.2. The van der Waals surface area contributed by atoms with Crippen molar-refractivity contribution < 1.29 is 19.5 Å². The first kappa shape index (κ1) is 9.12. The zero-order chi connectivity index (χ0) is 9.84. The van der Waals surface area contributed by atoms with Gasteiger partial charge in [0.05, 0.1) is 5.56 Å². The molecular formula is C9H6O4. The van der Waals surface area contributed by atoms with Crippen molar-refractivity contribution in [2.24, 2.45) is 0 Å². The maximum atomic E-state index is 10.5. The molecule has 1 N–H and O–H groups in total. The van der Waals surface area contributed by atoms with Crippen LogP contribution in [0.1, 0.15) is 31.1 Å². The van der Waals surface area contributed by atoms with E-state index in [0.717, 1.165) is 0 Å². The molecule has 0 saturated heterocycles. The number of benzene rings is 1. The van der Waals surface area contributed by atoms with E-state index in [0.29, 0.717) is 12.6 Å². The molecule has 0 aromatic heterocycles. The number of carbonyl (C=O) groups is 3. The molecule has 0 aliphatic heterocycles. The van der Waals surface area contributed by atoms with E-state index in [1.807, 2.05) is 0 Å². The van der Waals surface area contributed by atoms with E-state index in [9.17, 15) is 14.4 Å². The van der Waals surface area contributed by atoms with Crippen LogP contribution in [0.15, 0.2) is 18.2 Å². The van der Waals surface area contributed by atoms with Crippen LogP contribution in [0.25, 0.3) is 0 Å². The first-order valence-electron chi connectivity index (χ1n) is 3.46. The number of hydrogen-bond acceptors (Lipinski definition) is 3. The smallest absolute Gasteiger partial charge is 0.335 e. The van der Waals surface area contributed by atoms with Gasteiger partial charge in [-0.15, -0.1) is 0 Å². The highest BCUT2D eigenvalue weighted by atomic mass is 16.4. The zero-order valence-electron chi connectivity index (χ0n) is 6.56. The number of carboxylic acid groups (broad SMARTS) is 1. The minimum Gasteiger partial charge on any atom is -0.478 e. The quantitative estimate of drug-likeness (QED) is 0.701. The summed E-state index contributed by atoms with van der Waals surface area (Å²) in [6.45, 7) is 0. The van der Waals surface area contributed by atoms with Gasteiger partial charge >= 0.3 is 5.97 Å². The summed E-state index contributed by atoms with van der Waals surface area (Å²) in [5, 5.41) is 8.59. The Morgan fingerprint density at radius 3 is 1.85 bits per heavy atom. The second-order valence-corrected chi connectivity index (χ2v) is 2.43. The van der Waals surface area contributed by atoms with Gasteiger partial charge in [0, 0.05) is 11.1 Å². The SMILES string of the molecule is O=Cc1cc(C=O)cc(C(=O)O)c1. The fraction of sp³-hybridized carbons (Fsp3) is 0.